The van der Waals surface area contributed by atoms with Crippen LogP contribution in [-0.2, 0) is 0 Å². The monoisotopic (exact) mass is 345 g/mol. The molecule has 1 fully saturated rings. The van der Waals surface area contributed by atoms with Crippen LogP contribution in [0.1, 0.15) is 62.9 Å². The van der Waals surface area contributed by atoms with Gasteiger partial charge in [-0.1, -0.05) is 29.8 Å². The third kappa shape index (κ3) is 4.60. The van der Waals surface area contributed by atoms with E-state index in [2.05, 4.69) is 5.32 Å². The number of carbonyl (C=O) groups is 2. The maximum atomic E-state index is 12.8. The Labute approximate surface area is 151 Å². The van der Waals surface area contributed by atoms with E-state index >= 15 is 0 Å². The van der Waals surface area contributed by atoms with E-state index in [1.807, 2.05) is 63.8 Å². The van der Waals surface area contributed by atoms with Crippen LogP contribution in [0.2, 0.25) is 0 Å². The van der Waals surface area contributed by atoms with Gasteiger partial charge in [-0.2, -0.15) is 0 Å². The number of likely N-dealkylation sites (tertiary alicyclic amines) is 1. The van der Waals surface area contributed by atoms with Crippen molar-refractivity contribution in [3.05, 3.63) is 35.4 Å². The fourth-order valence-corrected chi connectivity index (χ4v) is 4.15. The molecule has 138 valence electrons. The zero-order valence-corrected chi connectivity index (χ0v) is 16.1. The van der Waals surface area contributed by atoms with Crippen LogP contribution in [0.15, 0.2) is 24.3 Å². The molecule has 0 aliphatic carbocycles. The molecule has 2 amide bonds. The Morgan fingerprint density at radius 3 is 2.16 bits per heavy atom. The minimum Gasteiger partial charge on any atom is -0.338 e. The van der Waals surface area contributed by atoms with Crippen molar-refractivity contribution in [1.82, 2.24) is 10.2 Å². The highest BCUT2D eigenvalue weighted by Crippen LogP contribution is 2.37. The number of carbonyl (C=O) groups excluding carboxylic acids is 2. The second-order valence-electron chi connectivity index (χ2n) is 8.40. The average molecular weight is 345 g/mol. The van der Waals surface area contributed by atoms with E-state index in [0.717, 1.165) is 18.4 Å². The van der Waals surface area contributed by atoms with Gasteiger partial charge in [-0.05, 0) is 47.5 Å². The molecule has 0 bridgehead atoms. The Hall–Kier alpha value is -1.88. The maximum Gasteiger partial charge on any atom is 0.318 e. The van der Waals surface area contributed by atoms with E-state index in [0.29, 0.717) is 18.5 Å². The first-order chi connectivity index (χ1) is 11.5. The van der Waals surface area contributed by atoms with Crippen LogP contribution in [-0.4, -0.2) is 40.4 Å². The van der Waals surface area contributed by atoms with E-state index in [-0.39, 0.29) is 28.9 Å². The number of rotatable bonds is 4. The number of nitrogens with zero attached hydrogens (tertiary/aromatic N) is 1. The summed E-state index contributed by atoms with van der Waals surface area (Å²) in [5, 5.41) is 2.92. The quantitative estimate of drug-likeness (QED) is 0.823. The van der Waals surface area contributed by atoms with Crippen molar-refractivity contribution < 1.29 is 9.59 Å². The number of hydrogen-bond acceptors (Lipinski definition) is 3. The van der Waals surface area contributed by atoms with Crippen LogP contribution in [0, 0.1) is 6.92 Å². The van der Waals surface area contributed by atoms with Crippen molar-refractivity contribution in [2.45, 2.75) is 71.0 Å². The number of nitrogens with one attached hydrogen (secondary N) is 1. The molecule has 2 rings (SSSR count). The number of hydrogen-bond donors (Lipinski definition) is 2. The first-order valence-corrected chi connectivity index (χ1v) is 8.96. The lowest BCUT2D eigenvalue weighted by Crippen LogP contribution is -2.67. The van der Waals surface area contributed by atoms with Crippen molar-refractivity contribution in [3.63, 3.8) is 0 Å². The molecule has 1 heterocycles. The molecule has 5 nitrogen and oxygen atoms in total. The van der Waals surface area contributed by atoms with Crippen LogP contribution >= 0.6 is 0 Å². The number of ketones is 1. The van der Waals surface area contributed by atoms with Gasteiger partial charge in [-0.15, -0.1) is 0 Å². The Morgan fingerprint density at radius 2 is 1.64 bits per heavy atom. The molecule has 0 unspecified atom stereocenters. The third-order valence-electron chi connectivity index (χ3n) is 4.94. The van der Waals surface area contributed by atoms with Gasteiger partial charge in [0, 0.05) is 35.6 Å². The second kappa shape index (κ2) is 7.16. The molecule has 3 N–H and O–H groups in total. The lowest BCUT2D eigenvalue weighted by atomic mass is 9.77. The largest absolute Gasteiger partial charge is 0.338 e. The van der Waals surface area contributed by atoms with Crippen molar-refractivity contribution in [3.8, 4) is 0 Å². The summed E-state index contributed by atoms with van der Waals surface area (Å²) in [6, 6.07) is 7.48. The van der Waals surface area contributed by atoms with Crippen LogP contribution in [0.4, 0.5) is 4.79 Å². The molecule has 0 aromatic heterocycles. The van der Waals surface area contributed by atoms with E-state index in [4.69, 9.17) is 5.73 Å². The third-order valence-corrected chi connectivity index (χ3v) is 4.94. The molecule has 0 radical (unpaired) electrons. The van der Waals surface area contributed by atoms with E-state index in [1.165, 1.54) is 0 Å². The maximum absolute atomic E-state index is 12.8. The fourth-order valence-electron chi connectivity index (χ4n) is 4.15. The SMILES string of the molecule is Cc1ccc(C(=O)CCNC(=O)N2C(C)(C)CC(N)CC2(C)C)cc1. The number of amides is 2. The zero-order chi connectivity index (χ0) is 18.8. The molecule has 1 aliphatic heterocycles. The summed E-state index contributed by atoms with van der Waals surface area (Å²) < 4.78 is 0. The number of urea groups is 1. The summed E-state index contributed by atoms with van der Waals surface area (Å²) in [5.74, 6) is 0.0412. The Morgan fingerprint density at radius 1 is 1.12 bits per heavy atom. The molecular formula is C20H31N3O2. The molecule has 1 aliphatic rings. The highest BCUT2D eigenvalue weighted by Gasteiger charge is 2.46. The Bertz CT molecular complexity index is 617. The molecule has 0 spiro atoms. The highest BCUT2D eigenvalue weighted by atomic mass is 16.2. The zero-order valence-electron chi connectivity index (χ0n) is 16.1. The first kappa shape index (κ1) is 19.4. The van der Waals surface area contributed by atoms with Gasteiger partial charge in [-0.3, -0.25) is 4.79 Å². The molecule has 0 atom stereocenters. The van der Waals surface area contributed by atoms with Crippen LogP contribution in [0.3, 0.4) is 0 Å². The molecule has 5 heteroatoms. The van der Waals surface area contributed by atoms with Gasteiger partial charge < -0.3 is 16.0 Å². The summed E-state index contributed by atoms with van der Waals surface area (Å²) in [6.45, 7) is 10.5. The van der Waals surface area contributed by atoms with Gasteiger partial charge >= 0.3 is 6.03 Å². The lowest BCUT2D eigenvalue weighted by Gasteiger charge is -2.54. The number of aryl methyl sites for hydroxylation is 1. The van der Waals surface area contributed by atoms with Crippen molar-refractivity contribution >= 4 is 11.8 Å². The van der Waals surface area contributed by atoms with Gasteiger partial charge in [0.15, 0.2) is 5.78 Å². The molecule has 1 saturated heterocycles. The van der Waals surface area contributed by atoms with Crippen LogP contribution in [0.25, 0.3) is 0 Å². The number of benzene rings is 1. The summed E-state index contributed by atoms with van der Waals surface area (Å²) >= 11 is 0. The standard InChI is InChI=1S/C20H31N3O2/c1-14-6-8-15(9-7-14)17(24)10-11-22-18(25)23-19(2,3)12-16(21)13-20(23,4)5/h6-9,16H,10-13,21H2,1-5H3,(H,22,25). The summed E-state index contributed by atoms with van der Waals surface area (Å²) in [6.07, 6.45) is 1.83. The van der Waals surface area contributed by atoms with Gasteiger partial charge in [0.25, 0.3) is 0 Å². The molecule has 25 heavy (non-hydrogen) atoms. The van der Waals surface area contributed by atoms with Crippen molar-refractivity contribution in [2.75, 3.05) is 6.54 Å². The molecular weight excluding hydrogens is 314 g/mol. The highest BCUT2D eigenvalue weighted by molar-refractivity contribution is 5.96. The summed E-state index contributed by atoms with van der Waals surface area (Å²) in [7, 11) is 0. The lowest BCUT2D eigenvalue weighted by molar-refractivity contribution is 0.00325. The van der Waals surface area contributed by atoms with Crippen molar-refractivity contribution in [1.29, 1.82) is 0 Å². The number of Topliss-reactive ketones (excluding diaryl/α,β-unsaturated/α-hetero) is 1. The fraction of sp³-hybridized carbons (Fsp3) is 0.600. The predicted molar refractivity (Wildman–Crippen MR) is 101 cm³/mol. The van der Waals surface area contributed by atoms with E-state index in [9.17, 15) is 9.59 Å². The van der Waals surface area contributed by atoms with Crippen LogP contribution < -0.4 is 11.1 Å². The molecule has 0 saturated carbocycles. The molecule has 1 aromatic carbocycles. The smallest absolute Gasteiger partial charge is 0.318 e. The average Bonchev–Trinajstić information content (AvgIpc) is 2.44. The van der Waals surface area contributed by atoms with Gasteiger partial charge in [0.05, 0.1) is 0 Å². The summed E-state index contributed by atoms with van der Waals surface area (Å²) in [4.78, 5) is 26.9. The normalized spacial score (nSPS) is 19.5. The van der Waals surface area contributed by atoms with Gasteiger partial charge in [-0.25, -0.2) is 4.79 Å². The Balaban J connectivity index is 1.95. The van der Waals surface area contributed by atoms with E-state index in [1.54, 1.807) is 0 Å². The van der Waals surface area contributed by atoms with Gasteiger partial charge in [0.2, 0.25) is 0 Å². The minimum absolute atomic E-state index is 0.0412. The summed E-state index contributed by atoms with van der Waals surface area (Å²) in [5.41, 5.74) is 7.34. The van der Waals surface area contributed by atoms with Crippen LogP contribution in [0.5, 0.6) is 0 Å². The number of piperidine rings is 1. The predicted octanol–water partition coefficient (Wildman–Crippen LogP) is 3.26. The molecule has 1 aromatic rings. The number of nitrogens with two attached hydrogens (primary N) is 1. The first-order valence-electron chi connectivity index (χ1n) is 8.96. The minimum atomic E-state index is -0.313. The van der Waals surface area contributed by atoms with E-state index < -0.39 is 0 Å². The second-order valence-corrected chi connectivity index (χ2v) is 8.40. The van der Waals surface area contributed by atoms with Crippen molar-refractivity contribution in [2.24, 2.45) is 5.73 Å². The van der Waals surface area contributed by atoms with Gasteiger partial charge in [0.1, 0.15) is 0 Å². The Kier molecular flexibility index (Phi) is 5.57. The topological polar surface area (TPSA) is 75.4 Å².